The highest BCUT2D eigenvalue weighted by molar-refractivity contribution is 7.18. The number of nitrogens with one attached hydrogen (secondary N) is 1. The zero-order valence-corrected chi connectivity index (χ0v) is 15.8. The molecule has 26 heavy (non-hydrogen) atoms. The van der Waals surface area contributed by atoms with Crippen LogP contribution in [-0.4, -0.2) is 52.6 Å². The molecule has 8 nitrogen and oxygen atoms in total. The van der Waals surface area contributed by atoms with Crippen molar-refractivity contribution >= 4 is 27.4 Å². The van der Waals surface area contributed by atoms with Crippen LogP contribution in [0.1, 0.15) is 24.1 Å². The average molecular weight is 374 g/mol. The van der Waals surface area contributed by atoms with Gasteiger partial charge in [0.05, 0.1) is 10.2 Å². The minimum absolute atomic E-state index is 0.473. The fourth-order valence-corrected chi connectivity index (χ4v) is 4.26. The van der Waals surface area contributed by atoms with Crippen LogP contribution in [0.25, 0.3) is 10.2 Å². The number of hydrogen-bond acceptors (Lipinski definition) is 9. The van der Waals surface area contributed by atoms with E-state index < -0.39 is 0 Å². The zero-order chi connectivity index (χ0) is 17.9. The number of rotatable bonds is 6. The quantitative estimate of drug-likeness (QED) is 0.658. The molecule has 0 aromatic carbocycles. The third-order valence-electron chi connectivity index (χ3n) is 4.69. The second-order valence-electron chi connectivity index (χ2n) is 6.51. The summed E-state index contributed by atoms with van der Waals surface area (Å²) in [5.74, 6) is 1.55. The number of hydrogen-bond donors (Lipinski definition) is 1. The molecule has 0 aliphatic carbocycles. The van der Waals surface area contributed by atoms with Gasteiger partial charge in [0.2, 0.25) is 0 Å². The second kappa shape index (κ2) is 7.55. The topological polar surface area (TPSA) is 89.2 Å². The van der Waals surface area contributed by atoms with Gasteiger partial charge in [-0.3, -0.25) is 0 Å². The third-order valence-corrected chi connectivity index (χ3v) is 5.77. The molecule has 0 unspecified atom stereocenters. The number of piperidine rings is 1. The predicted molar refractivity (Wildman–Crippen MR) is 99.9 cm³/mol. The van der Waals surface area contributed by atoms with Crippen LogP contribution in [0.4, 0.5) is 5.82 Å². The van der Waals surface area contributed by atoms with Crippen molar-refractivity contribution in [2.24, 2.45) is 0 Å². The SMILES string of the molecule is Cc1nonc1OCCNC1CCN(c2ncnc3c(C)csc23)CC1. The van der Waals surface area contributed by atoms with Crippen molar-refractivity contribution in [3.63, 3.8) is 0 Å². The first-order valence-electron chi connectivity index (χ1n) is 8.81. The maximum atomic E-state index is 5.55. The van der Waals surface area contributed by atoms with E-state index in [2.05, 4.69) is 47.4 Å². The fraction of sp³-hybridized carbons (Fsp3) is 0.529. The Hall–Kier alpha value is -2.26. The van der Waals surface area contributed by atoms with Gasteiger partial charge in [0.15, 0.2) is 0 Å². The largest absolute Gasteiger partial charge is 0.473 e. The zero-order valence-electron chi connectivity index (χ0n) is 14.9. The molecule has 9 heteroatoms. The van der Waals surface area contributed by atoms with E-state index in [0.717, 1.165) is 43.8 Å². The van der Waals surface area contributed by atoms with Crippen LogP contribution < -0.4 is 15.0 Å². The van der Waals surface area contributed by atoms with Crippen molar-refractivity contribution in [1.82, 2.24) is 25.6 Å². The van der Waals surface area contributed by atoms with Crippen LogP contribution >= 0.6 is 11.3 Å². The first kappa shape index (κ1) is 17.2. The lowest BCUT2D eigenvalue weighted by Crippen LogP contribution is -2.44. The van der Waals surface area contributed by atoms with Crippen LogP contribution in [0.5, 0.6) is 5.88 Å². The first-order chi connectivity index (χ1) is 12.7. The minimum Gasteiger partial charge on any atom is -0.473 e. The Morgan fingerprint density at radius 2 is 2.12 bits per heavy atom. The number of anilines is 1. The normalized spacial score (nSPS) is 15.7. The van der Waals surface area contributed by atoms with E-state index in [1.54, 1.807) is 17.7 Å². The highest BCUT2D eigenvalue weighted by atomic mass is 32.1. The Bertz CT molecular complexity index is 871. The Balaban J connectivity index is 1.27. The predicted octanol–water partition coefficient (Wildman–Crippen LogP) is 2.33. The monoisotopic (exact) mass is 374 g/mol. The number of ether oxygens (including phenoxy) is 1. The molecule has 0 spiro atoms. The molecule has 1 saturated heterocycles. The van der Waals surface area contributed by atoms with Crippen LogP contribution in [0.3, 0.4) is 0 Å². The summed E-state index contributed by atoms with van der Waals surface area (Å²) in [6.45, 7) is 7.23. The lowest BCUT2D eigenvalue weighted by molar-refractivity contribution is 0.249. The second-order valence-corrected chi connectivity index (χ2v) is 7.39. The number of aryl methyl sites for hydroxylation is 2. The minimum atomic E-state index is 0.473. The Kier molecular flexibility index (Phi) is 4.98. The molecule has 3 aromatic heterocycles. The van der Waals surface area contributed by atoms with Gasteiger partial charge < -0.3 is 15.0 Å². The Labute approximate surface area is 155 Å². The van der Waals surface area contributed by atoms with E-state index in [9.17, 15) is 0 Å². The molecule has 0 saturated carbocycles. The van der Waals surface area contributed by atoms with Crippen molar-refractivity contribution in [2.45, 2.75) is 32.7 Å². The number of thiophene rings is 1. The maximum absolute atomic E-state index is 5.55. The summed E-state index contributed by atoms with van der Waals surface area (Å²) in [4.78, 5) is 11.3. The smallest absolute Gasteiger partial charge is 0.278 e. The molecule has 0 bridgehead atoms. The number of nitrogens with zero attached hydrogens (tertiary/aromatic N) is 5. The van der Waals surface area contributed by atoms with Gasteiger partial charge in [0.25, 0.3) is 5.88 Å². The summed E-state index contributed by atoms with van der Waals surface area (Å²) in [6.07, 6.45) is 3.85. The average Bonchev–Trinajstić information content (AvgIpc) is 3.25. The highest BCUT2D eigenvalue weighted by Crippen LogP contribution is 2.32. The summed E-state index contributed by atoms with van der Waals surface area (Å²) in [6, 6.07) is 0.494. The molecule has 138 valence electrons. The van der Waals surface area contributed by atoms with E-state index in [1.807, 2.05) is 6.92 Å². The van der Waals surface area contributed by atoms with Gasteiger partial charge in [0, 0.05) is 25.7 Å². The molecule has 3 aromatic rings. The molecule has 4 heterocycles. The summed E-state index contributed by atoms with van der Waals surface area (Å²) >= 11 is 1.73. The molecule has 4 rings (SSSR count). The third kappa shape index (κ3) is 3.49. The molecule has 0 atom stereocenters. The van der Waals surface area contributed by atoms with Crippen LogP contribution in [0.2, 0.25) is 0 Å². The Morgan fingerprint density at radius 3 is 2.88 bits per heavy atom. The van der Waals surface area contributed by atoms with Crippen LogP contribution in [-0.2, 0) is 0 Å². The van der Waals surface area contributed by atoms with E-state index in [0.29, 0.717) is 24.2 Å². The van der Waals surface area contributed by atoms with Gasteiger partial charge in [0.1, 0.15) is 24.4 Å². The molecule has 1 aliphatic heterocycles. The molecular weight excluding hydrogens is 352 g/mol. The van der Waals surface area contributed by atoms with Crippen molar-refractivity contribution in [3.8, 4) is 5.88 Å². The number of aromatic nitrogens is 4. The fourth-order valence-electron chi connectivity index (χ4n) is 3.24. The van der Waals surface area contributed by atoms with Gasteiger partial charge in [-0.25, -0.2) is 14.6 Å². The van der Waals surface area contributed by atoms with Gasteiger partial charge in [-0.15, -0.1) is 11.3 Å². The van der Waals surface area contributed by atoms with Crippen LogP contribution in [0.15, 0.2) is 16.3 Å². The molecule has 1 aliphatic rings. The van der Waals surface area contributed by atoms with Gasteiger partial charge >= 0.3 is 0 Å². The van der Waals surface area contributed by atoms with Crippen molar-refractivity contribution in [1.29, 1.82) is 0 Å². The molecule has 0 amide bonds. The molecule has 1 fully saturated rings. The first-order valence-corrected chi connectivity index (χ1v) is 9.69. The van der Waals surface area contributed by atoms with E-state index in [1.165, 1.54) is 10.3 Å². The van der Waals surface area contributed by atoms with E-state index in [4.69, 9.17) is 4.74 Å². The van der Waals surface area contributed by atoms with Gasteiger partial charge in [-0.1, -0.05) is 5.16 Å². The molecule has 1 N–H and O–H groups in total. The summed E-state index contributed by atoms with van der Waals surface area (Å²) in [5.41, 5.74) is 2.98. The summed E-state index contributed by atoms with van der Waals surface area (Å²) in [5, 5.41) is 13.1. The van der Waals surface area contributed by atoms with Crippen molar-refractivity contribution < 1.29 is 9.37 Å². The van der Waals surface area contributed by atoms with Gasteiger partial charge in [-0.2, -0.15) is 0 Å². The lowest BCUT2D eigenvalue weighted by Gasteiger charge is -2.33. The highest BCUT2D eigenvalue weighted by Gasteiger charge is 2.22. The molecular formula is C17H22N6O2S. The summed E-state index contributed by atoms with van der Waals surface area (Å²) < 4.78 is 11.4. The van der Waals surface area contributed by atoms with E-state index >= 15 is 0 Å². The standard InChI is InChI=1S/C17H22N6O2S/c1-11-9-26-15-14(11)19-10-20-16(15)23-6-3-13(4-7-23)18-5-8-24-17-12(2)21-25-22-17/h9-10,13,18H,3-8H2,1-2H3. The maximum Gasteiger partial charge on any atom is 0.278 e. The molecule has 0 radical (unpaired) electrons. The van der Waals surface area contributed by atoms with Crippen molar-refractivity contribution in [3.05, 3.63) is 23.0 Å². The van der Waals surface area contributed by atoms with E-state index in [-0.39, 0.29) is 0 Å². The van der Waals surface area contributed by atoms with Gasteiger partial charge in [-0.05, 0) is 42.8 Å². The van der Waals surface area contributed by atoms with Crippen molar-refractivity contribution in [2.75, 3.05) is 31.1 Å². The lowest BCUT2D eigenvalue weighted by atomic mass is 10.1. The summed E-state index contributed by atoms with van der Waals surface area (Å²) in [7, 11) is 0. The number of fused-ring (bicyclic) bond motifs is 1. The Morgan fingerprint density at radius 1 is 1.27 bits per heavy atom. The van der Waals surface area contributed by atoms with Crippen LogP contribution in [0, 0.1) is 13.8 Å².